The lowest BCUT2D eigenvalue weighted by atomic mass is 10.2. The maximum absolute atomic E-state index is 12.0. The zero-order valence-corrected chi connectivity index (χ0v) is 15.1. The van der Waals surface area contributed by atoms with Crippen LogP contribution in [0.1, 0.15) is 17.0 Å². The maximum atomic E-state index is 12.0. The summed E-state index contributed by atoms with van der Waals surface area (Å²) in [6.07, 6.45) is 3.02. The van der Waals surface area contributed by atoms with Crippen molar-refractivity contribution < 1.29 is 9.53 Å². The van der Waals surface area contributed by atoms with E-state index in [0.29, 0.717) is 10.7 Å². The molecule has 24 heavy (non-hydrogen) atoms. The second-order valence-corrected chi connectivity index (χ2v) is 6.83. The van der Waals surface area contributed by atoms with Crippen LogP contribution in [0.2, 0.25) is 0 Å². The van der Waals surface area contributed by atoms with Gasteiger partial charge in [0.2, 0.25) is 0 Å². The average molecular weight is 405 g/mol. The highest BCUT2D eigenvalue weighted by atomic mass is 79.9. The summed E-state index contributed by atoms with van der Waals surface area (Å²) in [5.74, 6) is -0.484. The van der Waals surface area contributed by atoms with Crippen molar-refractivity contribution in [1.82, 2.24) is 9.38 Å². The van der Waals surface area contributed by atoms with Crippen molar-refractivity contribution in [3.8, 4) is 0 Å². The first-order valence-electron chi connectivity index (χ1n) is 7.10. The van der Waals surface area contributed by atoms with E-state index in [1.807, 2.05) is 36.6 Å². The van der Waals surface area contributed by atoms with Crippen LogP contribution in [0.15, 0.2) is 51.1 Å². The van der Waals surface area contributed by atoms with Crippen molar-refractivity contribution in [2.75, 3.05) is 0 Å². The Bertz CT molecular complexity index is 974. The first-order chi connectivity index (χ1) is 11.5. The van der Waals surface area contributed by atoms with Crippen molar-refractivity contribution >= 4 is 44.3 Å². The van der Waals surface area contributed by atoms with Gasteiger partial charge in [-0.15, -0.1) is 11.3 Å². The minimum absolute atomic E-state index is 0.0355. The summed E-state index contributed by atoms with van der Waals surface area (Å²) in [4.78, 5) is 28.7. The first kappa shape index (κ1) is 16.6. The van der Waals surface area contributed by atoms with E-state index >= 15 is 0 Å². The largest absolute Gasteiger partial charge is 0.456 e. The van der Waals surface area contributed by atoms with Gasteiger partial charge in [-0.1, -0.05) is 28.1 Å². The monoisotopic (exact) mass is 404 g/mol. The second kappa shape index (κ2) is 7.11. The van der Waals surface area contributed by atoms with Gasteiger partial charge in [-0.3, -0.25) is 9.20 Å². The molecule has 0 N–H and O–H groups in total. The predicted molar refractivity (Wildman–Crippen MR) is 97.0 cm³/mol. The smallest absolute Gasteiger partial charge is 0.331 e. The zero-order chi connectivity index (χ0) is 17.1. The molecule has 0 saturated carbocycles. The lowest BCUT2D eigenvalue weighted by molar-refractivity contribution is -0.139. The van der Waals surface area contributed by atoms with Gasteiger partial charge in [0.15, 0.2) is 4.96 Å². The number of hydrogen-bond acceptors (Lipinski definition) is 5. The number of carbonyl (C=O) groups excluding carboxylic acids is 1. The normalized spacial score (nSPS) is 11.2. The Kier molecular flexibility index (Phi) is 4.92. The van der Waals surface area contributed by atoms with E-state index in [9.17, 15) is 9.59 Å². The van der Waals surface area contributed by atoms with Crippen LogP contribution in [0, 0.1) is 6.92 Å². The fraction of sp³-hybridized carbons (Fsp3) is 0.118. The Hall–Kier alpha value is -2.25. The quantitative estimate of drug-likeness (QED) is 0.492. The third-order valence-corrected chi connectivity index (χ3v) is 4.75. The molecule has 0 aliphatic carbocycles. The molecule has 0 aliphatic heterocycles. The molecule has 0 spiro atoms. The molecular formula is C17H13BrN2O3S. The van der Waals surface area contributed by atoms with E-state index < -0.39 is 5.97 Å². The molecule has 0 fully saturated rings. The van der Waals surface area contributed by atoms with Crippen LogP contribution in [0.4, 0.5) is 0 Å². The third kappa shape index (κ3) is 3.80. The van der Waals surface area contributed by atoms with Gasteiger partial charge < -0.3 is 4.74 Å². The number of hydrogen-bond donors (Lipinski definition) is 0. The summed E-state index contributed by atoms with van der Waals surface area (Å²) < 4.78 is 7.65. The molecule has 7 heteroatoms. The summed E-state index contributed by atoms with van der Waals surface area (Å²) >= 11 is 4.73. The first-order valence-corrected chi connectivity index (χ1v) is 8.77. The Labute approximate surface area is 150 Å². The topological polar surface area (TPSA) is 60.7 Å². The Morgan fingerprint density at radius 1 is 1.38 bits per heavy atom. The minimum Gasteiger partial charge on any atom is -0.456 e. The molecule has 0 atom stereocenters. The van der Waals surface area contributed by atoms with E-state index in [-0.39, 0.29) is 12.2 Å². The van der Waals surface area contributed by atoms with Crippen LogP contribution in [0.5, 0.6) is 0 Å². The number of aromatic nitrogens is 2. The van der Waals surface area contributed by atoms with Crippen LogP contribution in [-0.4, -0.2) is 15.4 Å². The third-order valence-electron chi connectivity index (χ3n) is 3.27. The Balaban J connectivity index is 1.66. The molecule has 5 nitrogen and oxygen atoms in total. The molecule has 0 radical (unpaired) electrons. The highest BCUT2D eigenvalue weighted by molar-refractivity contribution is 9.10. The summed E-state index contributed by atoms with van der Waals surface area (Å²) in [5.41, 5.74) is 2.00. The summed E-state index contributed by atoms with van der Waals surface area (Å²) in [7, 11) is 0. The highest BCUT2D eigenvalue weighted by Gasteiger charge is 2.07. The molecule has 0 aliphatic rings. The van der Waals surface area contributed by atoms with E-state index in [2.05, 4.69) is 20.9 Å². The molecule has 122 valence electrons. The van der Waals surface area contributed by atoms with Crippen molar-refractivity contribution in [2.24, 2.45) is 0 Å². The summed E-state index contributed by atoms with van der Waals surface area (Å²) in [6, 6.07) is 8.92. The standard InChI is InChI=1S/C17H13BrN2O3S/c1-11-10-24-17-19-14(8-15(21)20(11)17)9-23-16(22)7-4-12-2-5-13(18)6-3-12/h2-8,10H,9H2,1H3/b7-4+. The average Bonchev–Trinajstić information content (AvgIpc) is 2.94. The van der Waals surface area contributed by atoms with Crippen LogP contribution in [0.3, 0.4) is 0 Å². The number of aryl methyl sites for hydroxylation is 1. The number of ether oxygens (including phenoxy) is 1. The second-order valence-electron chi connectivity index (χ2n) is 5.07. The van der Waals surface area contributed by atoms with Gasteiger partial charge in [-0.25, -0.2) is 9.78 Å². The number of halogens is 1. The van der Waals surface area contributed by atoms with Gasteiger partial charge in [-0.2, -0.15) is 0 Å². The number of fused-ring (bicyclic) bond motifs is 1. The number of rotatable bonds is 4. The van der Waals surface area contributed by atoms with Crippen LogP contribution in [0.25, 0.3) is 11.0 Å². The van der Waals surface area contributed by atoms with Gasteiger partial charge in [0, 0.05) is 27.7 Å². The number of thiazole rings is 1. The SMILES string of the molecule is Cc1csc2nc(COC(=O)/C=C/c3ccc(Br)cc3)cc(=O)n12. The van der Waals surface area contributed by atoms with Gasteiger partial charge in [0.1, 0.15) is 6.61 Å². The number of carbonyl (C=O) groups is 1. The molecule has 1 aromatic carbocycles. The van der Waals surface area contributed by atoms with Gasteiger partial charge in [0.05, 0.1) is 5.69 Å². The van der Waals surface area contributed by atoms with E-state index in [0.717, 1.165) is 15.7 Å². The van der Waals surface area contributed by atoms with Gasteiger partial charge >= 0.3 is 5.97 Å². The lowest BCUT2D eigenvalue weighted by Crippen LogP contribution is -2.16. The van der Waals surface area contributed by atoms with Gasteiger partial charge in [0.25, 0.3) is 5.56 Å². The molecule has 2 heterocycles. The van der Waals surface area contributed by atoms with Gasteiger partial charge in [-0.05, 0) is 30.7 Å². The Morgan fingerprint density at radius 3 is 2.88 bits per heavy atom. The van der Waals surface area contributed by atoms with E-state index in [4.69, 9.17) is 4.74 Å². The highest BCUT2D eigenvalue weighted by Crippen LogP contribution is 2.13. The molecule has 3 aromatic rings. The number of benzene rings is 1. The van der Waals surface area contributed by atoms with E-state index in [1.54, 1.807) is 6.08 Å². The van der Waals surface area contributed by atoms with E-state index in [1.165, 1.54) is 27.9 Å². The molecule has 3 rings (SSSR count). The molecule has 0 amide bonds. The van der Waals surface area contributed by atoms with Crippen LogP contribution in [-0.2, 0) is 16.1 Å². The molecule has 2 aromatic heterocycles. The predicted octanol–water partition coefficient (Wildman–Crippen LogP) is 3.58. The van der Waals surface area contributed by atoms with Crippen molar-refractivity contribution in [2.45, 2.75) is 13.5 Å². The maximum Gasteiger partial charge on any atom is 0.331 e. The van der Waals surface area contributed by atoms with Crippen molar-refractivity contribution in [3.63, 3.8) is 0 Å². The molecular weight excluding hydrogens is 392 g/mol. The number of esters is 1. The molecule has 0 saturated heterocycles. The summed E-state index contributed by atoms with van der Waals surface area (Å²) in [6.45, 7) is 1.81. The number of nitrogens with zero attached hydrogens (tertiary/aromatic N) is 2. The van der Waals surface area contributed by atoms with Crippen LogP contribution >= 0.6 is 27.3 Å². The van der Waals surface area contributed by atoms with Crippen LogP contribution < -0.4 is 5.56 Å². The molecule has 0 unspecified atom stereocenters. The zero-order valence-electron chi connectivity index (χ0n) is 12.7. The lowest BCUT2D eigenvalue weighted by Gasteiger charge is -2.02. The fourth-order valence-corrected chi connectivity index (χ4v) is 3.26. The minimum atomic E-state index is -0.484. The van der Waals surface area contributed by atoms with Crippen molar-refractivity contribution in [1.29, 1.82) is 0 Å². The Morgan fingerprint density at radius 2 is 2.12 bits per heavy atom. The fourth-order valence-electron chi connectivity index (χ4n) is 2.11. The van der Waals surface area contributed by atoms with Crippen molar-refractivity contribution in [3.05, 3.63) is 73.6 Å². The molecule has 0 bridgehead atoms. The summed E-state index contributed by atoms with van der Waals surface area (Å²) in [5, 5.41) is 1.86.